The van der Waals surface area contributed by atoms with Gasteiger partial charge in [-0.25, -0.2) is 9.59 Å². The first-order valence-electron chi connectivity index (χ1n) is 9.35. The summed E-state index contributed by atoms with van der Waals surface area (Å²) in [5, 5.41) is 20.4. The van der Waals surface area contributed by atoms with Gasteiger partial charge in [0.05, 0.1) is 0 Å². The van der Waals surface area contributed by atoms with Crippen LogP contribution in [0.4, 0.5) is 0 Å². The lowest BCUT2D eigenvalue weighted by molar-refractivity contribution is -0.134. The fraction of sp³-hybridized carbons (Fsp3) is 0.400. The van der Waals surface area contributed by atoms with E-state index >= 15 is 0 Å². The van der Waals surface area contributed by atoms with Crippen LogP contribution < -0.4 is 0 Å². The molecule has 1 aromatic heterocycles. The Kier molecular flexibility index (Phi) is 7.00. The molecule has 1 aromatic carbocycles. The van der Waals surface area contributed by atoms with Crippen molar-refractivity contribution in [1.29, 1.82) is 0 Å². The summed E-state index contributed by atoms with van der Waals surface area (Å²) in [5.41, 5.74) is 0.909. The molecule has 2 N–H and O–H groups in total. The van der Waals surface area contributed by atoms with Crippen LogP contribution in [0.2, 0.25) is 5.02 Å². The van der Waals surface area contributed by atoms with Crippen molar-refractivity contribution >= 4 is 23.5 Å². The molecule has 154 valence electrons. The van der Waals surface area contributed by atoms with Gasteiger partial charge < -0.3 is 19.6 Å². The number of halogens is 1. The number of rotatable bonds is 5. The van der Waals surface area contributed by atoms with Crippen molar-refractivity contribution in [2.24, 2.45) is 11.8 Å². The monoisotopic (exact) mass is 419 g/mol. The van der Waals surface area contributed by atoms with E-state index in [4.69, 9.17) is 26.3 Å². The van der Waals surface area contributed by atoms with Crippen molar-refractivity contribution in [2.75, 3.05) is 19.6 Å². The number of benzene rings is 1. The number of aliphatic carboxylic acids is 2. The van der Waals surface area contributed by atoms with Gasteiger partial charge in [0.1, 0.15) is 0 Å². The highest BCUT2D eigenvalue weighted by Crippen LogP contribution is 2.34. The quantitative estimate of drug-likeness (QED) is 0.710. The largest absolute Gasteiger partial charge is 0.478 e. The van der Waals surface area contributed by atoms with E-state index < -0.39 is 11.9 Å². The summed E-state index contributed by atoms with van der Waals surface area (Å²) in [5.74, 6) is 0.369. The van der Waals surface area contributed by atoms with Gasteiger partial charge in [-0.2, -0.15) is 4.98 Å². The second-order valence-corrected chi connectivity index (χ2v) is 7.57. The standard InChI is InChI=1S/C16H18ClN3O.C4H4O4/c17-14-3-1-2-12(8-14)16-18-15(21-19-16)9-13-10-20-6-4-11(13)5-7-20;5-3(6)1-2-4(7)8/h1-3,8,11,13H,4-7,9-10H2;1-2H,(H,5,6)(H,7,8)/b;2-1+. The second-order valence-electron chi connectivity index (χ2n) is 7.13. The van der Waals surface area contributed by atoms with Gasteiger partial charge in [0.2, 0.25) is 11.7 Å². The highest BCUT2D eigenvalue weighted by molar-refractivity contribution is 6.30. The summed E-state index contributed by atoms with van der Waals surface area (Å²) in [6.07, 6.45) is 4.65. The SMILES string of the molecule is Clc1cccc(-c2noc(CC3CN4CCC3CC4)n2)c1.O=C(O)/C=C/C(=O)O. The number of aromatic nitrogens is 2. The lowest BCUT2D eigenvalue weighted by Crippen LogP contribution is -2.48. The molecule has 3 aliphatic heterocycles. The molecular weight excluding hydrogens is 398 g/mol. The molecule has 8 nitrogen and oxygen atoms in total. The van der Waals surface area contributed by atoms with E-state index in [-0.39, 0.29) is 0 Å². The van der Waals surface area contributed by atoms with E-state index in [0.29, 0.717) is 28.9 Å². The zero-order valence-electron chi connectivity index (χ0n) is 15.7. The van der Waals surface area contributed by atoms with Gasteiger partial charge in [-0.15, -0.1) is 0 Å². The highest BCUT2D eigenvalue weighted by atomic mass is 35.5. The Labute approximate surface area is 172 Å². The summed E-state index contributed by atoms with van der Waals surface area (Å²) in [4.78, 5) is 26.2. The Bertz CT molecular complexity index is 874. The molecule has 1 unspecified atom stereocenters. The second kappa shape index (κ2) is 9.67. The van der Waals surface area contributed by atoms with Crippen LogP contribution in [0.1, 0.15) is 18.7 Å². The Morgan fingerprint density at radius 3 is 2.45 bits per heavy atom. The Morgan fingerprint density at radius 2 is 1.90 bits per heavy atom. The minimum Gasteiger partial charge on any atom is -0.478 e. The van der Waals surface area contributed by atoms with Gasteiger partial charge in [-0.3, -0.25) is 0 Å². The van der Waals surface area contributed by atoms with Crippen LogP contribution >= 0.6 is 11.6 Å². The van der Waals surface area contributed by atoms with Crippen molar-refractivity contribution in [3.05, 3.63) is 47.3 Å². The molecule has 9 heteroatoms. The van der Waals surface area contributed by atoms with Gasteiger partial charge in [0.25, 0.3) is 0 Å². The minimum absolute atomic E-state index is 0.558. The number of hydrogen-bond acceptors (Lipinski definition) is 6. The molecule has 2 bridgehead atoms. The first-order valence-corrected chi connectivity index (χ1v) is 9.73. The lowest BCUT2D eigenvalue weighted by Gasteiger charge is -2.44. The number of nitrogens with zero attached hydrogens (tertiary/aromatic N) is 3. The van der Waals surface area contributed by atoms with Crippen molar-refractivity contribution in [3.63, 3.8) is 0 Å². The van der Waals surface area contributed by atoms with Crippen LogP contribution in [0.25, 0.3) is 11.4 Å². The van der Waals surface area contributed by atoms with Gasteiger partial charge in [0.15, 0.2) is 0 Å². The first-order chi connectivity index (χ1) is 13.9. The van der Waals surface area contributed by atoms with Crippen molar-refractivity contribution < 1.29 is 24.3 Å². The molecule has 4 heterocycles. The summed E-state index contributed by atoms with van der Waals surface area (Å²) in [6.45, 7) is 3.71. The molecule has 29 heavy (non-hydrogen) atoms. The average molecular weight is 420 g/mol. The molecule has 0 amide bonds. The van der Waals surface area contributed by atoms with E-state index in [1.54, 1.807) is 0 Å². The molecule has 0 radical (unpaired) electrons. The molecule has 0 spiro atoms. The zero-order chi connectivity index (χ0) is 20.8. The topological polar surface area (TPSA) is 117 Å². The normalized spacial score (nSPS) is 22.9. The number of carboxylic acids is 2. The molecule has 2 aromatic rings. The summed E-state index contributed by atoms with van der Waals surface area (Å²) >= 11 is 6.01. The Balaban J connectivity index is 0.000000258. The molecule has 1 atom stereocenters. The molecule has 0 aliphatic carbocycles. The molecule has 0 saturated carbocycles. The molecular formula is C20H22ClN3O5. The summed E-state index contributed by atoms with van der Waals surface area (Å²) in [7, 11) is 0. The van der Waals surface area contributed by atoms with Crippen LogP contribution in [-0.4, -0.2) is 56.8 Å². The number of hydrogen-bond donors (Lipinski definition) is 2. The van der Waals surface area contributed by atoms with E-state index in [2.05, 4.69) is 15.0 Å². The van der Waals surface area contributed by atoms with Crippen molar-refractivity contribution in [1.82, 2.24) is 15.0 Å². The van der Waals surface area contributed by atoms with Crippen LogP contribution in [0, 0.1) is 11.8 Å². The Morgan fingerprint density at radius 1 is 1.21 bits per heavy atom. The number of carbonyl (C=O) groups is 2. The number of fused-ring (bicyclic) bond motifs is 3. The number of piperidine rings is 3. The van der Waals surface area contributed by atoms with E-state index in [1.165, 1.54) is 32.5 Å². The lowest BCUT2D eigenvalue weighted by atomic mass is 9.77. The molecule has 3 saturated heterocycles. The van der Waals surface area contributed by atoms with Crippen LogP contribution in [-0.2, 0) is 16.0 Å². The van der Waals surface area contributed by atoms with Crippen molar-refractivity contribution in [3.8, 4) is 11.4 Å². The third-order valence-corrected chi connectivity index (χ3v) is 5.38. The van der Waals surface area contributed by atoms with Crippen molar-refractivity contribution in [2.45, 2.75) is 19.3 Å². The fourth-order valence-electron chi connectivity index (χ4n) is 3.77. The molecule has 3 aliphatic rings. The van der Waals surface area contributed by atoms with Gasteiger partial charge in [0, 0.05) is 35.7 Å². The zero-order valence-corrected chi connectivity index (χ0v) is 16.5. The predicted molar refractivity (Wildman–Crippen MR) is 106 cm³/mol. The van der Waals surface area contributed by atoms with Crippen LogP contribution in [0.5, 0.6) is 0 Å². The molecule has 3 fully saturated rings. The van der Waals surface area contributed by atoms with Gasteiger partial charge in [-0.1, -0.05) is 28.9 Å². The Hall–Kier alpha value is -2.71. The maximum Gasteiger partial charge on any atom is 0.328 e. The summed E-state index contributed by atoms with van der Waals surface area (Å²) in [6, 6.07) is 7.57. The first kappa shape index (κ1) is 21.0. The van der Waals surface area contributed by atoms with Gasteiger partial charge in [-0.05, 0) is 49.9 Å². The third kappa shape index (κ3) is 6.13. The van der Waals surface area contributed by atoms with Gasteiger partial charge >= 0.3 is 11.9 Å². The minimum atomic E-state index is -1.26. The average Bonchev–Trinajstić information content (AvgIpc) is 3.16. The molecule has 5 rings (SSSR count). The highest BCUT2D eigenvalue weighted by Gasteiger charge is 2.35. The summed E-state index contributed by atoms with van der Waals surface area (Å²) < 4.78 is 5.45. The van der Waals surface area contributed by atoms with E-state index in [9.17, 15) is 9.59 Å². The number of carboxylic acid groups (broad SMARTS) is 2. The third-order valence-electron chi connectivity index (χ3n) is 5.15. The fourth-order valence-corrected chi connectivity index (χ4v) is 3.96. The van der Waals surface area contributed by atoms with Crippen LogP contribution in [0.15, 0.2) is 40.9 Å². The maximum atomic E-state index is 9.55. The smallest absolute Gasteiger partial charge is 0.328 e. The van der Waals surface area contributed by atoms with E-state index in [1.807, 2.05) is 24.3 Å². The maximum absolute atomic E-state index is 9.55. The van der Waals surface area contributed by atoms with Crippen LogP contribution in [0.3, 0.4) is 0 Å². The van der Waals surface area contributed by atoms with E-state index in [0.717, 1.165) is 23.8 Å². The predicted octanol–water partition coefficient (Wildman–Crippen LogP) is 2.99.